The van der Waals surface area contributed by atoms with E-state index in [9.17, 15) is 4.79 Å². The van der Waals surface area contributed by atoms with Crippen molar-refractivity contribution in [2.24, 2.45) is 0 Å². The second kappa shape index (κ2) is 5.00. The van der Waals surface area contributed by atoms with Crippen LogP contribution in [-0.2, 0) is 0 Å². The normalized spacial score (nSPS) is 10.5. The second-order valence-corrected chi connectivity index (χ2v) is 4.01. The minimum Gasteiger partial charge on any atom is -0.371 e. The first-order valence-electron chi connectivity index (χ1n) is 6.03. The molecule has 0 heterocycles. The summed E-state index contributed by atoms with van der Waals surface area (Å²) in [5, 5.41) is 2.15. The maximum absolute atomic E-state index is 11.4. The first-order chi connectivity index (χ1) is 8.31. The minimum absolute atomic E-state index is 0.798. The number of benzene rings is 2. The van der Waals surface area contributed by atoms with Gasteiger partial charge < -0.3 is 4.90 Å². The van der Waals surface area contributed by atoms with Crippen LogP contribution in [0.3, 0.4) is 0 Å². The Morgan fingerprint density at radius 1 is 1.06 bits per heavy atom. The van der Waals surface area contributed by atoms with Gasteiger partial charge in [-0.1, -0.05) is 30.3 Å². The van der Waals surface area contributed by atoms with Gasteiger partial charge in [0.15, 0.2) is 6.29 Å². The molecule has 0 saturated carbocycles. The van der Waals surface area contributed by atoms with Crippen LogP contribution in [0.25, 0.3) is 10.8 Å². The molecule has 0 unspecified atom stereocenters. The highest BCUT2D eigenvalue weighted by atomic mass is 16.1. The van der Waals surface area contributed by atoms with E-state index in [1.165, 1.54) is 0 Å². The highest BCUT2D eigenvalue weighted by molar-refractivity contribution is 6.03. The van der Waals surface area contributed by atoms with Gasteiger partial charge in [-0.25, -0.2) is 0 Å². The summed E-state index contributed by atoms with van der Waals surface area (Å²) < 4.78 is 0. The zero-order chi connectivity index (χ0) is 12.3. The molecular weight excluding hydrogens is 210 g/mol. The molecule has 0 spiro atoms. The van der Waals surface area contributed by atoms with Crippen molar-refractivity contribution in [1.82, 2.24) is 0 Å². The Bertz CT molecular complexity index is 529. The molecule has 2 nitrogen and oxygen atoms in total. The van der Waals surface area contributed by atoms with Crippen molar-refractivity contribution in [1.29, 1.82) is 0 Å². The SMILES string of the molecule is CCN(CC)c1ccc2ccccc2c1C=O. The molecule has 0 amide bonds. The van der Waals surface area contributed by atoms with Crippen molar-refractivity contribution in [2.45, 2.75) is 13.8 Å². The van der Waals surface area contributed by atoms with E-state index in [-0.39, 0.29) is 0 Å². The molecule has 2 rings (SSSR count). The number of carbonyl (C=O) groups is 1. The molecule has 0 N–H and O–H groups in total. The zero-order valence-electron chi connectivity index (χ0n) is 10.3. The van der Waals surface area contributed by atoms with Gasteiger partial charge in [-0.15, -0.1) is 0 Å². The number of hydrogen-bond acceptors (Lipinski definition) is 2. The van der Waals surface area contributed by atoms with Crippen LogP contribution < -0.4 is 4.90 Å². The van der Waals surface area contributed by atoms with Gasteiger partial charge in [-0.3, -0.25) is 4.79 Å². The Morgan fingerprint density at radius 3 is 2.41 bits per heavy atom. The summed E-state index contributed by atoms with van der Waals surface area (Å²) in [5.41, 5.74) is 1.83. The first kappa shape index (κ1) is 11.6. The number of rotatable bonds is 4. The molecule has 88 valence electrons. The molecule has 0 aliphatic heterocycles. The molecular formula is C15H17NO. The van der Waals surface area contributed by atoms with E-state index in [1.54, 1.807) is 0 Å². The van der Waals surface area contributed by atoms with E-state index in [1.807, 2.05) is 30.3 Å². The van der Waals surface area contributed by atoms with Crippen molar-refractivity contribution >= 4 is 22.7 Å². The van der Waals surface area contributed by atoms with Gasteiger partial charge in [0.1, 0.15) is 0 Å². The lowest BCUT2D eigenvalue weighted by atomic mass is 10.0. The predicted molar refractivity (Wildman–Crippen MR) is 72.9 cm³/mol. The largest absolute Gasteiger partial charge is 0.371 e. The Hall–Kier alpha value is -1.83. The molecule has 0 aliphatic carbocycles. The van der Waals surface area contributed by atoms with E-state index in [0.717, 1.165) is 41.4 Å². The van der Waals surface area contributed by atoms with Crippen LogP contribution >= 0.6 is 0 Å². The fraction of sp³-hybridized carbons (Fsp3) is 0.267. The van der Waals surface area contributed by atoms with Crippen LogP contribution in [0.15, 0.2) is 36.4 Å². The fourth-order valence-electron chi connectivity index (χ4n) is 2.25. The van der Waals surface area contributed by atoms with Crippen molar-refractivity contribution in [3.05, 3.63) is 42.0 Å². The smallest absolute Gasteiger partial charge is 0.152 e. The zero-order valence-corrected chi connectivity index (χ0v) is 10.3. The van der Waals surface area contributed by atoms with Crippen LogP contribution in [-0.4, -0.2) is 19.4 Å². The van der Waals surface area contributed by atoms with Crippen LogP contribution in [0.2, 0.25) is 0 Å². The summed E-state index contributed by atoms with van der Waals surface area (Å²) in [6, 6.07) is 12.1. The van der Waals surface area contributed by atoms with E-state index < -0.39 is 0 Å². The summed E-state index contributed by atoms with van der Waals surface area (Å²) in [6.07, 6.45) is 0.968. The van der Waals surface area contributed by atoms with E-state index in [0.29, 0.717) is 0 Å². The van der Waals surface area contributed by atoms with Gasteiger partial charge in [0.05, 0.1) is 0 Å². The molecule has 0 aliphatic rings. The summed E-state index contributed by atoms with van der Waals surface area (Å²) in [6.45, 7) is 6.03. The van der Waals surface area contributed by atoms with Crippen molar-refractivity contribution < 1.29 is 4.79 Å². The molecule has 2 aromatic rings. The van der Waals surface area contributed by atoms with E-state index >= 15 is 0 Å². The van der Waals surface area contributed by atoms with Crippen LogP contribution in [0.4, 0.5) is 5.69 Å². The quantitative estimate of drug-likeness (QED) is 0.745. The van der Waals surface area contributed by atoms with E-state index in [2.05, 4.69) is 24.8 Å². The third kappa shape index (κ3) is 2.03. The molecule has 0 aromatic heterocycles. The Kier molecular flexibility index (Phi) is 3.43. The van der Waals surface area contributed by atoms with E-state index in [4.69, 9.17) is 0 Å². The van der Waals surface area contributed by atoms with Crippen molar-refractivity contribution in [3.63, 3.8) is 0 Å². The highest BCUT2D eigenvalue weighted by Gasteiger charge is 2.10. The van der Waals surface area contributed by atoms with Gasteiger partial charge in [0.2, 0.25) is 0 Å². The number of carbonyl (C=O) groups excluding carboxylic acids is 1. The minimum atomic E-state index is 0.798. The molecule has 2 aromatic carbocycles. The molecule has 0 atom stereocenters. The van der Waals surface area contributed by atoms with Crippen LogP contribution in [0, 0.1) is 0 Å². The lowest BCUT2D eigenvalue weighted by Crippen LogP contribution is -2.23. The summed E-state index contributed by atoms with van der Waals surface area (Å²) in [5.74, 6) is 0. The number of aldehydes is 1. The summed E-state index contributed by atoms with van der Waals surface area (Å²) in [7, 11) is 0. The third-order valence-electron chi connectivity index (χ3n) is 3.17. The lowest BCUT2D eigenvalue weighted by molar-refractivity contribution is 0.112. The van der Waals surface area contributed by atoms with Gasteiger partial charge in [-0.05, 0) is 30.7 Å². The molecule has 0 saturated heterocycles. The van der Waals surface area contributed by atoms with Gasteiger partial charge in [0.25, 0.3) is 0 Å². The Morgan fingerprint density at radius 2 is 1.76 bits per heavy atom. The first-order valence-corrected chi connectivity index (χ1v) is 6.03. The van der Waals surface area contributed by atoms with Gasteiger partial charge in [0, 0.05) is 24.3 Å². The predicted octanol–water partition coefficient (Wildman–Crippen LogP) is 3.50. The Labute approximate surface area is 102 Å². The Balaban J connectivity index is 2.68. The standard InChI is InChI=1S/C15H17NO/c1-3-16(4-2)15-10-9-12-7-5-6-8-13(12)14(15)11-17/h5-11H,3-4H2,1-2H3. The van der Waals surface area contributed by atoms with Crippen LogP contribution in [0.5, 0.6) is 0 Å². The average molecular weight is 227 g/mol. The van der Waals surface area contributed by atoms with Gasteiger partial charge >= 0.3 is 0 Å². The van der Waals surface area contributed by atoms with Crippen molar-refractivity contribution in [3.8, 4) is 0 Å². The lowest BCUT2D eigenvalue weighted by Gasteiger charge is -2.23. The molecule has 0 fully saturated rings. The topological polar surface area (TPSA) is 20.3 Å². The average Bonchev–Trinajstić information content (AvgIpc) is 2.39. The number of hydrogen-bond donors (Lipinski definition) is 0. The third-order valence-corrected chi connectivity index (χ3v) is 3.17. The van der Waals surface area contributed by atoms with Crippen LogP contribution in [0.1, 0.15) is 24.2 Å². The second-order valence-electron chi connectivity index (χ2n) is 4.01. The molecule has 0 radical (unpaired) electrons. The monoisotopic (exact) mass is 227 g/mol. The maximum atomic E-state index is 11.4. The van der Waals surface area contributed by atoms with Crippen molar-refractivity contribution in [2.75, 3.05) is 18.0 Å². The molecule has 2 heteroatoms. The highest BCUT2D eigenvalue weighted by Crippen LogP contribution is 2.27. The molecule has 0 bridgehead atoms. The number of anilines is 1. The summed E-state index contributed by atoms with van der Waals surface area (Å²) >= 11 is 0. The van der Waals surface area contributed by atoms with Gasteiger partial charge in [-0.2, -0.15) is 0 Å². The molecule has 17 heavy (non-hydrogen) atoms. The number of nitrogens with zero attached hydrogens (tertiary/aromatic N) is 1. The summed E-state index contributed by atoms with van der Waals surface area (Å²) in [4.78, 5) is 13.6. The fourth-order valence-corrected chi connectivity index (χ4v) is 2.25. The maximum Gasteiger partial charge on any atom is 0.152 e. The number of fused-ring (bicyclic) bond motifs is 1.